The Kier molecular flexibility index (Phi) is 6.50. The number of nitrogens with zero attached hydrogens (tertiary/aromatic N) is 1. The molecule has 5 nitrogen and oxygen atoms in total. The normalized spacial score (nSPS) is 10.4. The Bertz CT molecular complexity index is 958. The fraction of sp³-hybridized carbons (Fsp3) is 0.182. The first kappa shape index (κ1) is 19.7. The maximum absolute atomic E-state index is 12.4. The number of hydrogen-bond donors (Lipinski definition) is 2. The standard InChI is InChI=1S/C22H22ClN3O2/c1-15-7-8-17(23)13-20(15)26-22(27)19-10-9-18(14-25-19)24-12-11-16-5-3-4-6-21(16)28-2/h3-10,13-14,24H,11-12H2,1-2H3,(H,26,27). The molecule has 3 aromatic rings. The highest BCUT2D eigenvalue weighted by Crippen LogP contribution is 2.21. The Labute approximate surface area is 169 Å². The molecule has 0 saturated heterocycles. The molecule has 28 heavy (non-hydrogen) atoms. The van der Waals surface area contributed by atoms with Crippen molar-refractivity contribution in [2.24, 2.45) is 0 Å². The molecule has 0 aliphatic carbocycles. The Morgan fingerprint density at radius 1 is 1.14 bits per heavy atom. The lowest BCUT2D eigenvalue weighted by Crippen LogP contribution is -2.14. The number of benzene rings is 2. The molecule has 2 N–H and O–H groups in total. The van der Waals surface area contributed by atoms with E-state index in [4.69, 9.17) is 16.3 Å². The molecular weight excluding hydrogens is 374 g/mol. The number of aryl methyl sites for hydroxylation is 1. The van der Waals surface area contributed by atoms with Crippen LogP contribution in [0.3, 0.4) is 0 Å². The van der Waals surface area contributed by atoms with E-state index in [9.17, 15) is 4.79 Å². The van der Waals surface area contributed by atoms with Crippen LogP contribution in [0.1, 0.15) is 21.6 Å². The van der Waals surface area contributed by atoms with Gasteiger partial charge in [0.05, 0.1) is 19.0 Å². The number of aromatic nitrogens is 1. The van der Waals surface area contributed by atoms with Gasteiger partial charge in [-0.1, -0.05) is 35.9 Å². The molecule has 0 saturated carbocycles. The third-order valence-corrected chi connectivity index (χ3v) is 4.60. The fourth-order valence-electron chi connectivity index (χ4n) is 2.80. The number of para-hydroxylation sites is 1. The van der Waals surface area contributed by atoms with Gasteiger partial charge in [0.15, 0.2) is 0 Å². The summed E-state index contributed by atoms with van der Waals surface area (Å²) >= 11 is 6.00. The first-order chi connectivity index (χ1) is 13.6. The highest BCUT2D eigenvalue weighted by atomic mass is 35.5. The highest BCUT2D eigenvalue weighted by molar-refractivity contribution is 6.31. The second-order valence-electron chi connectivity index (χ2n) is 6.33. The van der Waals surface area contributed by atoms with Crippen molar-refractivity contribution >= 4 is 28.9 Å². The predicted molar refractivity (Wildman–Crippen MR) is 114 cm³/mol. The average molecular weight is 396 g/mol. The Morgan fingerprint density at radius 3 is 2.71 bits per heavy atom. The summed E-state index contributed by atoms with van der Waals surface area (Å²) in [6.07, 6.45) is 2.47. The molecule has 1 heterocycles. The van der Waals surface area contributed by atoms with Crippen LogP contribution < -0.4 is 15.4 Å². The maximum atomic E-state index is 12.4. The van der Waals surface area contributed by atoms with Crippen LogP contribution in [-0.4, -0.2) is 24.5 Å². The fourth-order valence-corrected chi connectivity index (χ4v) is 2.97. The van der Waals surface area contributed by atoms with Crippen LogP contribution in [0.5, 0.6) is 5.75 Å². The van der Waals surface area contributed by atoms with Crippen molar-refractivity contribution in [3.05, 3.63) is 82.6 Å². The van der Waals surface area contributed by atoms with Crippen molar-refractivity contribution in [2.75, 3.05) is 24.3 Å². The molecule has 144 valence electrons. The highest BCUT2D eigenvalue weighted by Gasteiger charge is 2.10. The number of carbonyl (C=O) groups excluding carboxylic acids is 1. The molecule has 2 aromatic carbocycles. The summed E-state index contributed by atoms with van der Waals surface area (Å²) in [5.41, 5.74) is 3.95. The molecular formula is C22H22ClN3O2. The van der Waals surface area contributed by atoms with Crippen LogP contribution in [0, 0.1) is 6.92 Å². The molecule has 6 heteroatoms. The number of amides is 1. The quantitative estimate of drug-likeness (QED) is 0.593. The summed E-state index contributed by atoms with van der Waals surface area (Å²) in [5.74, 6) is 0.608. The van der Waals surface area contributed by atoms with Crippen LogP contribution in [0.4, 0.5) is 11.4 Å². The summed E-state index contributed by atoms with van der Waals surface area (Å²) in [7, 11) is 1.67. The topological polar surface area (TPSA) is 63.2 Å². The zero-order valence-corrected chi connectivity index (χ0v) is 16.6. The second-order valence-corrected chi connectivity index (χ2v) is 6.77. The molecule has 0 aliphatic heterocycles. The van der Waals surface area contributed by atoms with E-state index in [1.165, 1.54) is 0 Å². The molecule has 1 aromatic heterocycles. The lowest BCUT2D eigenvalue weighted by Gasteiger charge is -2.11. The predicted octanol–water partition coefficient (Wildman–Crippen LogP) is 4.96. The molecule has 0 unspecified atom stereocenters. The van der Waals surface area contributed by atoms with E-state index in [2.05, 4.69) is 15.6 Å². The van der Waals surface area contributed by atoms with Crippen molar-refractivity contribution in [3.63, 3.8) is 0 Å². The number of hydrogen-bond acceptors (Lipinski definition) is 4. The molecule has 1 amide bonds. The molecule has 0 spiro atoms. The van der Waals surface area contributed by atoms with Gasteiger partial charge in [0.25, 0.3) is 5.91 Å². The third-order valence-electron chi connectivity index (χ3n) is 4.36. The number of pyridine rings is 1. The van der Waals surface area contributed by atoms with Crippen molar-refractivity contribution < 1.29 is 9.53 Å². The molecule has 0 radical (unpaired) electrons. The summed E-state index contributed by atoms with van der Waals surface area (Å²) in [6, 6.07) is 16.9. The van der Waals surface area contributed by atoms with Gasteiger partial charge >= 0.3 is 0 Å². The van der Waals surface area contributed by atoms with Gasteiger partial charge in [0.2, 0.25) is 0 Å². The zero-order valence-electron chi connectivity index (χ0n) is 15.8. The number of anilines is 2. The van der Waals surface area contributed by atoms with E-state index in [-0.39, 0.29) is 5.91 Å². The number of methoxy groups -OCH3 is 1. The van der Waals surface area contributed by atoms with E-state index in [1.807, 2.05) is 43.3 Å². The molecule has 0 bridgehead atoms. The zero-order chi connectivity index (χ0) is 19.9. The lowest BCUT2D eigenvalue weighted by molar-refractivity contribution is 0.102. The van der Waals surface area contributed by atoms with Gasteiger partial charge in [0, 0.05) is 17.3 Å². The molecule has 3 rings (SSSR count). The van der Waals surface area contributed by atoms with Gasteiger partial charge in [-0.2, -0.15) is 0 Å². The van der Waals surface area contributed by atoms with Gasteiger partial charge < -0.3 is 15.4 Å². The monoisotopic (exact) mass is 395 g/mol. The van der Waals surface area contributed by atoms with Gasteiger partial charge in [0.1, 0.15) is 11.4 Å². The van der Waals surface area contributed by atoms with Gasteiger partial charge in [-0.05, 0) is 54.8 Å². The first-order valence-electron chi connectivity index (χ1n) is 8.96. The van der Waals surface area contributed by atoms with Gasteiger partial charge in [-0.3, -0.25) is 4.79 Å². The smallest absolute Gasteiger partial charge is 0.274 e. The van der Waals surface area contributed by atoms with Crippen LogP contribution in [0.15, 0.2) is 60.8 Å². The van der Waals surface area contributed by atoms with E-state index >= 15 is 0 Å². The van der Waals surface area contributed by atoms with Crippen molar-refractivity contribution in [2.45, 2.75) is 13.3 Å². The summed E-state index contributed by atoms with van der Waals surface area (Å²) in [5, 5.41) is 6.73. The molecule has 0 atom stereocenters. The minimum absolute atomic E-state index is 0.272. The second kappa shape index (κ2) is 9.24. The largest absolute Gasteiger partial charge is 0.496 e. The van der Waals surface area contributed by atoms with Gasteiger partial charge in [-0.25, -0.2) is 4.98 Å². The minimum Gasteiger partial charge on any atom is -0.496 e. The van der Waals surface area contributed by atoms with Crippen LogP contribution in [-0.2, 0) is 6.42 Å². The Hall–Kier alpha value is -3.05. The summed E-state index contributed by atoms with van der Waals surface area (Å²) < 4.78 is 5.36. The van der Waals surface area contributed by atoms with E-state index in [1.54, 1.807) is 31.5 Å². The van der Waals surface area contributed by atoms with E-state index in [0.717, 1.165) is 35.5 Å². The Morgan fingerprint density at radius 2 is 1.96 bits per heavy atom. The first-order valence-corrected chi connectivity index (χ1v) is 9.34. The lowest BCUT2D eigenvalue weighted by atomic mass is 10.1. The average Bonchev–Trinajstić information content (AvgIpc) is 2.71. The van der Waals surface area contributed by atoms with Crippen molar-refractivity contribution in [1.82, 2.24) is 4.98 Å². The van der Waals surface area contributed by atoms with Gasteiger partial charge in [-0.15, -0.1) is 0 Å². The number of rotatable bonds is 7. The van der Waals surface area contributed by atoms with Crippen LogP contribution in [0.2, 0.25) is 5.02 Å². The van der Waals surface area contributed by atoms with Crippen molar-refractivity contribution in [3.8, 4) is 5.75 Å². The molecule has 0 aliphatic rings. The van der Waals surface area contributed by atoms with Crippen molar-refractivity contribution in [1.29, 1.82) is 0 Å². The summed E-state index contributed by atoms with van der Waals surface area (Å²) in [6.45, 7) is 2.64. The maximum Gasteiger partial charge on any atom is 0.274 e. The summed E-state index contributed by atoms with van der Waals surface area (Å²) in [4.78, 5) is 16.7. The number of carbonyl (C=O) groups is 1. The van der Waals surface area contributed by atoms with Crippen LogP contribution in [0.25, 0.3) is 0 Å². The number of halogens is 1. The molecule has 0 fully saturated rings. The van der Waals surface area contributed by atoms with E-state index < -0.39 is 0 Å². The SMILES string of the molecule is COc1ccccc1CCNc1ccc(C(=O)Nc2cc(Cl)ccc2C)nc1. The van der Waals surface area contributed by atoms with E-state index in [0.29, 0.717) is 16.4 Å². The Balaban J connectivity index is 1.57. The number of ether oxygens (including phenoxy) is 1. The van der Waals surface area contributed by atoms with Crippen LogP contribution >= 0.6 is 11.6 Å². The number of nitrogens with one attached hydrogen (secondary N) is 2. The minimum atomic E-state index is -0.272. The third kappa shape index (κ3) is 5.02.